The van der Waals surface area contributed by atoms with Crippen LogP contribution in [0.15, 0.2) is 21.7 Å². The molecule has 0 fully saturated rings. The highest BCUT2D eigenvalue weighted by molar-refractivity contribution is 6.31. The van der Waals surface area contributed by atoms with Crippen molar-refractivity contribution in [3.8, 4) is 5.82 Å². The van der Waals surface area contributed by atoms with E-state index in [1.54, 1.807) is 33.9 Å². The molecule has 0 aliphatic rings. The summed E-state index contributed by atoms with van der Waals surface area (Å²) in [5.41, 5.74) is 1.06. The van der Waals surface area contributed by atoms with Gasteiger partial charge in [0.25, 0.3) is 5.56 Å². The lowest BCUT2D eigenvalue weighted by Gasteiger charge is -2.11. The first-order valence-corrected chi connectivity index (χ1v) is 6.14. The molecule has 2 aromatic heterocycles. The molecule has 5 nitrogen and oxygen atoms in total. The average molecular weight is 280 g/mol. The number of aromatic nitrogens is 3. The van der Waals surface area contributed by atoms with Crippen LogP contribution in [0.2, 0.25) is 5.02 Å². The highest BCUT2D eigenvalue weighted by Crippen LogP contribution is 2.18. The maximum Gasteiger partial charge on any atom is 0.336 e. The van der Waals surface area contributed by atoms with Crippen molar-refractivity contribution in [2.24, 2.45) is 7.05 Å². The number of halogens is 1. The molecular formula is C13H14ClN3O2. The van der Waals surface area contributed by atoms with E-state index in [2.05, 4.69) is 4.98 Å². The van der Waals surface area contributed by atoms with Gasteiger partial charge in [-0.25, -0.2) is 14.3 Å². The third-order valence-corrected chi connectivity index (χ3v) is 3.47. The zero-order valence-electron chi connectivity index (χ0n) is 11.2. The Morgan fingerprint density at radius 2 is 1.79 bits per heavy atom. The molecule has 0 radical (unpaired) electrons. The Morgan fingerprint density at radius 1 is 1.16 bits per heavy atom. The summed E-state index contributed by atoms with van der Waals surface area (Å²) in [7, 11) is 1.62. The monoisotopic (exact) mass is 279 g/mol. The van der Waals surface area contributed by atoms with Crippen LogP contribution in [0.5, 0.6) is 0 Å². The highest BCUT2D eigenvalue weighted by atomic mass is 35.5. The number of nitrogens with zero attached hydrogens (tertiary/aromatic N) is 3. The Labute approximate surface area is 115 Å². The molecule has 2 aromatic rings. The van der Waals surface area contributed by atoms with Gasteiger partial charge in [0.15, 0.2) is 0 Å². The van der Waals surface area contributed by atoms with Gasteiger partial charge in [-0.05, 0) is 32.4 Å². The van der Waals surface area contributed by atoms with Gasteiger partial charge in [-0.15, -0.1) is 0 Å². The highest BCUT2D eigenvalue weighted by Gasteiger charge is 2.13. The quantitative estimate of drug-likeness (QED) is 0.795. The van der Waals surface area contributed by atoms with Crippen LogP contribution in [-0.4, -0.2) is 14.1 Å². The number of pyridine rings is 1. The first kappa shape index (κ1) is 13.5. The molecule has 2 rings (SSSR count). The van der Waals surface area contributed by atoms with Gasteiger partial charge in [0.05, 0.1) is 10.7 Å². The second kappa shape index (κ2) is 4.66. The van der Waals surface area contributed by atoms with Crippen LogP contribution in [0.25, 0.3) is 5.82 Å². The van der Waals surface area contributed by atoms with E-state index in [1.165, 1.54) is 10.6 Å². The summed E-state index contributed by atoms with van der Waals surface area (Å²) in [5.74, 6) is 0.326. The summed E-state index contributed by atoms with van der Waals surface area (Å²) in [4.78, 5) is 28.5. The van der Waals surface area contributed by atoms with Crippen LogP contribution in [0.4, 0.5) is 0 Å². The van der Waals surface area contributed by atoms with Crippen molar-refractivity contribution >= 4 is 11.6 Å². The molecule has 19 heavy (non-hydrogen) atoms. The van der Waals surface area contributed by atoms with E-state index in [9.17, 15) is 9.59 Å². The minimum absolute atomic E-state index is 0.326. The van der Waals surface area contributed by atoms with Gasteiger partial charge in [-0.3, -0.25) is 4.79 Å². The van der Waals surface area contributed by atoms with Crippen LogP contribution < -0.4 is 11.2 Å². The Kier molecular flexibility index (Phi) is 3.32. The van der Waals surface area contributed by atoms with Gasteiger partial charge in [-0.2, -0.15) is 0 Å². The molecule has 0 N–H and O–H groups in total. The number of hydrogen-bond donors (Lipinski definition) is 0. The Balaban J connectivity index is 2.88. The summed E-state index contributed by atoms with van der Waals surface area (Å²) in [5, 5.41) is 0.512. The first-order valence-electron chi connectivity index (χ1n) is 5.76. The van der Waals surface area contributed by atoms with Crippen LogP contribution in [0.3, 0.4) is 0 Å². The molecule has 0 aromatic carbocycles. The summed E-state index contributed by atoms with van der Waals surface area (Å²) in [6.07, 6.45) is 0. The fourth-order valence-corrected chi connectivity index (χ4v) is 2.02. The SMILES string of the molecule is Cc1cc(Cl)c(C)nc1-n1c(=O)cc(C)n(C)c1=O. The number of rotatable bonds is 1. The fourth-order valence-electron chi connectivity index (χ4n) is 1.82. The maximum atomic E-state index is 12.2. The predicted octanol–water partition coefficient (Wildman–Crippen LogP) is 1.51. The van der Waals surface area contributed by atoms with Crippen LogP contribution in [0, 0.1) is 20.8 Å². The smallest absolute Gasteiger partial charge is 0.301 e. The molecule has 0 aliphatic carbocycles. The second-order valence-corrected chi connectivity index (χ2v) is 4.90. The summed E-state index contributed by atoms with van der Waals surface area (Å²) in [6, 6.07) is 3.11. The number of aryl methyl sites for hydroxylation is 3. The zero-order valence-corrected chi connectivity index (χ0v) is 11.9. The second-order valence-electron chi connectivity index (χ2n) is 4.50. The normalized spacial score (nSPS) is 10.8. The molecule has 100 valence electrons. The Bertz CT molecular complexity index is 775. The zero-order chi connectivity index (χ0) is 14.3. The van der Waals surface area contributed by atoms with Gasteiger partial charge < -0.3 is 4.57 Å². The lowest BCUT2D eigenvalue weighted by Crippen LogP contribution is -2.39. The van der Waals surface area contributed by atoms with Gasteiger partial charge >= 0.3 is 5.69 Å². The maximum absolute atomic E-state index is 12.2. The summed E-state index contributed by atoms with van der Waals surface area (Å²) in [6.45, 7) is 5.20. The molecule has 0 spiro atoms. The van der Waals surface area contributed by atoms with E-state index in [0.29, 0.717) is 27.8 Å². The molecule has 2 heterocycles. The van der Waals surface area contributed by atoms with Gasteiger partial charge in [-0.1, -0.05) is 11.6 Å². The lowest BCUT2D eigenvalue weighted by atomic mass is 10.2. The van der Waals surface area contributed by atoms with E-state index in [-0.39, 0.29) is 0 Å². The molecular weight excluding hydrogens is 266 g/mol. The summed E-state index contributed by atoms with van der Waals surface area (Å²) < 4.78 is 2.47. The topological polar surface area (TPSA) is 56.9 Å². The van der Waals surface area contributed by atoms with Gasteiger partial charge in [0.2, 0.25) is 0 Å². The van der Waals surface area contributed by atoms with Crippen LogP contribution in [0.1, 0.15) is 17.0 Å². The van der Waals surface area contributed by atoms with Crippen molar-refractivity contribution in [3.05, 3.63) is 54.9 Å². The largest absolute Gasteiger partial charge is 0.336 e. The van der Waals surface area contributed by atoms with Crippen molar-refractivity contribution in [3.63, 3.8) is 0 Å². The van der Waals surface area contributed by atoms with Crippen molar-refractivity contribution in [2.45, 2.75) is 20.8 Å². The van der Waals surface area contributed by atoms with Gasteiger partial charge in [0.1, 0.15) is 5.82 Å². The standard InChI is InChI=1S/C13H14ClN3O2/c1-7-5-10(14)9(3)15-12(7)17-11(18)6-8(2)16(4)13(17)19/h5-6H,1-4H3. The van der Waals surface area contributed by atoms with Crippen molar-refractivity contribution in [1.29, 1.82) is 0 Å². The van der Waals surface area contributed by atoms with Crippen LogP contribution in [-0.2, 0) is 7.05 Å². The van der Waals surface area contributed by atoms with E-state index < -0.39 is 11.2 Å². The molecule has 0 aliphatic heterocycles. The minimum Gasteiger partial charge on any atom is -0.301 e. The third kappa shape index (κ3) is 2.21. The van der Waals surface area contributed by atoms with Crippen molar-refractivity contribution < 1.29 is 0 Å². The molecule has 0 saturated heterocycles. The Hall–Kier alpha value is -1.88. The molecule has 0 amide bonds. The lowest BCUT2D eigenvalue weighted by molar-refractivity contribution is 0.701. The first-order chi connectivity index (χ1) is 8.82. The predicted molar refractivity (Wildman–Crippen MR) is 74.3 cm³/mol. The van der Waals surface area contributed by atoms with E-state index in [0.717, 1.165) is 4.57 Å². The fraction of sp³-hybridized carbons (Fsp3) is 0.308. The average Bonchev–Trinajstić information content (AvgIpc) is 2.33. The molecule has 6 heteroatoms. The molecule has 0 unspecified atom stereocenters. The summed E-state index contributed by atoms with van der Waals surface area (Å²) >= 11 is 5.98. The van der Waals surface area contributed by atoms with E-state index in [4.69, 9.17) is 11.6 Å². The van der Waals surface area contributed by atoms with E-state index in [1.807, 2.05) is 0 Å². The van der Waals surface area contributed by atoms with E-state index >= 15 is 0 Å². The van der Waals surface area contributed by atoms with Crippen molar-refractivity contribution in [1.82, 2.24) is 14.1 Å². The minimum atomic E-state index is -0.415. The number of hydrogen-bond acceptors (Lipinski definition) is 3. The molecule has 0 saturated carbocycles. The molecule has 0 atom stereocenters. The van der Waals surface area contributed by atoms with Crippen molar-refractivity contribution in [2.75, 3.05) is 0 Å². The van der Waals surface area contributed by atoms with Crippen LogP contribution >= 0.6 is 11.6 Å². The Morgan fingerprint density at radius 3 is 2.42 bits per heavy atom. The van der Waals surface area contributed by atoms with Gasteiger partial charge in [0, 0.05) is 18.8 Å². The third-order valence-electron chi connectivity index (χ3n) is 3.09. The molecule has 0 bridgehead atoms.